The normalized spacial score (nSPS) is 9.09. The van der Waals surface area contributed by atoms with Gasteiger partial charge in [0.15, 0.2) is 0 Å². The number of hydrogen-bond acceptors (Lipinski definition) is 1. The van der Waals surface area contributed by atoms with Crippen LogP contribution in [0.15, 0.2) is 24.3 Å². The van der Waals surface area contributed by atoms with Gasteiger partial charge in [0, 0.05) is 0 Å². The molecular weight excluding hydrogens is 134 g/mol. The molecule has 0 saturated heterocycles. The lowest BCUT2D eigenvalue weighted by Gasteiger charge is -1.98. The van der Waals surface area contributed by atoms with Gasteiger partial charge < -0.3 is 0 Å². The summed E-state index contributed by atoms with van der Waals surface area (Å²) in [5.74, 6) is 0. The lowest BCUT2D eigenvalue weighted by Crippen LogP contribution is -1.84. The molecule has 1 aromatic rings. The van der Waals surface area contributed by atoms with E-state index in [4.69, 9.17) is 5.26 Å². The van der Waals surface area contributed by atoms with Crippen LogP contribution >= 0.6 is 0 Å². The van der Waals surface area contributed by atoms with Crippen molar-refractivity contribution in [3.63, 3.8) is 0 Å². The summed E-state index contributed by atoms with van der Waals surface area (Å²) in [5.41, 5.74) is 1.80. The Bertz CT molecular complexity index is 270. The Kier molecular flexibility index (Phi) is 2.68. The van der Waals surface area contributed by atoms with Gasteiger partial charge in [-0.05, 0) is 24.5 Å². The summed E-state index contributed by atoms with van der Waals surface area (Å²) in [6.07, 6.45) is 3.03. The van der Waals surface area contributed by atoms with Crippen LogP contribution in [0.4, 0.5) is 0 Å². The summed E-state index contributed by atoms with van der Waals surface area (Å²) in [6.45, 7) is 2.06. The Hall–Kier alpha value is -1.29. The molecule has 0 saturated carbocycles. The van der Waals surface area contributed by atoms with Gasteiger partial charge in [-0.25, -0.2) is 0 Å². The first-order chi connectivity index (χ1) is 5.38. The van der Waals surface area contributed by atoms with Gasteiger partial charge in [0.05, 0.1) is 11.6 Å². The third-order valence-corrected chi connectivity index (χ3v) is 1.51. The molecule has 0 heterocycles. The zero-order chi connectivity index (χ0) is 8.10. The monoisotopic (exact) mass is 144 g/mol. The van der Waals surface area contributed by atoms with Gasteiger partial charge in [-0.3, -0.25) is 0 Å². The number of benzene rings is 1. The van der Waals surface area contributed by atoms with E-state index in [0.717, 1.165) is 17.5 Å². The van der Waals surface area contributed by atoms with Crippen LogP contribution in [0, 0.1) is 17.8 Å². The highest BCUT2D eigenvalue weighted by molar-refractivity contribution is 5.41. The molecule has 0 spiro atoms. The molecule has 1 aromatic carbocycles. The van der Waals surface area contributed by atoms with Crippen LogP contribution in [-0.4, -0.2) is 0 Å². The highest BCUT2D eigenvalue weighted by atomic mass is 14.2. The molecular formula is C10H10N. The number of nitriles is 1. The van der Waals surface area contributed by atoms with Crippen molar-refractivity contribution in [2.24, 2.45) is 0 Å². The van der Waals surface area contributed by atoms with Crippen LogP contribution < -0.4 is 0 Å². The summed E-state index contributed by atoms with van der Waals surface area (Å²) in [5, 5.41) is 8.68. The van der Waals surface area contributed by atoms with E-state index in [0.29, 0.717) is 0 Å². The first-order valence-electron chi connectivity index (χ1n) is 3.70. The van der Waals surface area contributed by atoms with Crippen LogP contribution in [0.25, 0.3) is 0 Å². The molecule has 1 radical (unpaired) electrons. The van der Waals surface area contributed by atoms with Crippen molar-refractivity contribution in [2.45, 2.75) is 13.3 Å². The summed E-state index contributed by atoms with van der Waals surface area (Å²) >= 11 is 0. The third kappa shape index (κ3) is 1.81. The number of rotatable bonds is 2. The Morgan fingerprint density at radius 2 is 2.18 bits per heavy atom. The first kappa shape index (κ1) is 7.81. The highest BCUT2D eigenvalue weighted by Gasteiger charge is 1.97. The SMILES string of the molecule is CC[CH]c1ccccc1C#N. The zero-order valence-electron chi connectivity index (χ0n) is 6.54. The zero-order valence-corrected chi connectivity index (χ0v) is 6.54. The summed E-state index contributed by atoms with van der Waals surface area (Å²) in [6, 6.07) is 9.77. The van der Waals surface area contributed by atoms with E-state index in [1.165, 1.54) is 0 Å². The molecule has 1 rings (SSSR count). The first-order valence-corrected chi connectivity index (χ1v) is 3.70. The minimum atomic E-state index is 0.759. The second kappa shape index (κ2) is 3.78. The van der Waals surface area contributed by atoms with Crippen molar-refractivity contribution in [3.05, 3.63) is 41.8 Å². The van der Waals surface area contributed by atoms with Crippen LogP contribution in [-0.2, 0) is 0 Å². The Labute approximate surface area is 67.3 Å². The molecule has 0 aliphatic heterocycles. The van der Waals surface area contributed by atoms with E-state index in [2.05, 4.69) is 19.4 Å². The molecule has 0 bridgehead atoms. The Morgan fingerprint density at radius 1 is 1.45 bits per heavy atom. The molecule has 0 N–H and O–H groups in total. The summed E-state index contributed by atoms with van der Waals surface area (Å²) in [7, 11) is 0. The predicted octanol–water partition coefficient (Wildman–Crippen LogP) is 2.52. The maximum atomic E-state index is 8.68. The van der Waals surface area contributed by atoms with Crippen LogP contribution in [0.1, 0.15) is 24.5 Å². The maximum Gasteiger partial charge on any atom is 0.0994 e. The van der Waals surface area contributed by atoms with Crippen molar-refractivity contribution < 1.29 is 0 Å². The molecule has 0 fully saturated rings. The van der Waals surface area contributed by atoms with Crippen molar-refractivity contribution >= 4 is 0 Å². The highest BCUT2D eigenvalue weighted by Crippen LogP contribution is 2.10. The fourth-order valence-electron chi connectivity index (χ4n) is 0.997. The van der Waals surface area contributed by atoms with E-state index in [1.807, 2.05) is 24.3 Å². The largest absolute Gasteiger partial charge is 0.192 e. The van der Waals surface area contributed by atoms with Gasteiger partial charge in [0.1, 0.15) is 0 Å². The quantitative estimate of drug-likeness (QED) is 0.625. The van der Waals surface area contributed by atoms with E-state index in [1.54, 1.807) is 0 Å². The Morgan fingerprint density at radius 3 is 2.82 bits per heavy atom. The standard InChI is InChI=1S/C10H10N/c1-2-5-9-6-3-4-7-10(9)8-11/h3-7H,2H2,1H3. The molecule has 11 heavy (non-hydrogen) atoms. The molecule has 0 unspecified atom stereocenters. The van der Waals surface area contributed by atoms with Gasteiger partial charge in [-0.15, -0.1) is 0 Å². The van der Waals surface area contributed by atoms with E-state index < -0.39 is 0 Å². The van der Waals surface area contributed by atoms with Crippen molar-refractivity contribution in [2.75, 3.05) is 0 Å². The van der Waals surface area contributed by atoms with Gasteiger partial charge in [0.25, 0.3) is 0 Å². The Balaban J connectivity index is 2.95. The molecule has 1 nitrogen and oxygen atoms in total. The third-order valence-electron chi connectivity index (χ3n) is 1.51. The molecule has 0 aliphatic carbocycles. The molecule has 0 aromatic heterocycles. The second-order valence-corrected chi connectivity index (χ2v) is 2.31. The van der Waals surface area contributed by atoms with Gasteiger partial charge in [0.2, 0.25) is 0 Å². The molecule has 1 heteroatoms. The predicted molar refractivity (Wildman–Crippen MR) is 44.9 cm³/mol. The van der Waals surface area contributed by atoms with Crippen LogP contribution in [0.5, 0.6) is 0 Å². The molecule has 0 atom stereocenters. The van der Waals surface area contributed by atoms with Crippen molar-refractivity contribution in [1.29, 1.82) is 5.26 Å². The maximum absolute atomic E-state index is 8.68. The summed E-state index contributed by atoms with van der Waals surface area (Å²) < 4.78 is 0. The van der Waals surface area contributed by atoms with E-state index in [9.17, 15) is 0 Å². The van der Waals surface area contributed by atoms with Crippen molar-refractivity contribution in [3.8, 4) is 6.07 Å². The lowest BCUT2D eigenvalue weighted by molar-refractivity contribution is 1.12. The summed E-state index contributed by atoms with van der Waals surface area (Å²) in [4.78, 5) is 0. The topological polar surface area (TPSA) is 23.8 Å². The van der Waals surface area contributed by atoms with Gasteiger partial charge in [-0.2, -0.15) is 5.26 Å². The fraction of sp³-hybridized carbons (Fsp3) is 0.200. The van der Waals surface area contributed by atoms with Gasteiger partial charge >= 0.3 is 0 Å². The van der Waals surface area contributed by atoms with E-state index in [-0.39, 0.29) is 0 Å². The van der Waals surface area contributed by atoms with Crippen LogP contribution in [0.2, 0.25) is 0 Å². The number of nitrogens with zero attached hydrogens (tertiary/aromatic N) is 1. The average molecular weight is 144 g/mol. The lowest BCUT2D eigenvalue weighted by atomic mass is 10.0. The minimum absolute atomic E-state index is 0.759. The van der Waals surface area contributed by atoms with Crippen molar-refractivity contribution in [1.82, 2.24) is 0 Å². The second-order valence-electron chi connectivity index (χ2n) is 2.31. The van der Waals surface area contributed by atoms with Gasteiger partial charge in [-0.1, -0.05) is 25.1 Å². The fourth-order valence-corrected chi connectivity index (χ4v) is 0.997. The molecule has 0 aliphatic rings. The average Bonchev–Trinajstić information content (AvgIpc) is 2.06. The smallest absolute Gasteiger partial charge is 0.0994 e. The van der Waals surface area contributed by atoms with Crippen LogP contribution in [0.3, 0.4) is 0 Å². The van der Waals surface area contributed by atoms with E-state index >= 15 is 0 Å². The minimum Gasteiger partial charge on any atom is -0.192 e. The molecule has 55 valence electrons. The molecule has 0 amide bonds. The number of hydrogen-bond donors (Lipinski definition) is 0.